The second-order valence-corrected chi connectivity index (χ2v) is 14.3. The van der Waals surface area contributed by atoms with Crippen molar-refractivity contribution in [2.24, 2.45) is 5.41 Å². The Labute approximate surface area is 208 Å². The van der Waals surface area contributed by atoms with Gasteiger partial charge in [-0.1, -0.05) is 5.92 Å². The number of ketones is 2. The summed E-state index contributed by atoms with van der Waals surface area (Å²) in [7, 11) is -6.96. The molecule has 190 valence electrons. The smallest absolute Gasteiger partial charge is 0.282 e. The summed E-state index contributed by atoms with van der Waals surface area (Å²) < 4.78 is 52.1. The Morgan fingerprint density at radius 1 is 0.914 bits per heavy atom. The number of nitrogens with zero attached hydrogens (tertiary/aromatic N) is 2. The third-order valence-electron chi connectivity index (χ3n) is 7.63. The molecule has 2 aliphatic heterocycles. The number of rotatable bonds is 3. The highest BCUT2D eigenvalue weighted by molar-refractivity contribution is 7.91. The van der Waals surface area contributed by atoms with E-state index in [4.69, 9.17) is 0 Å². The number of Topliss-reactive ketones (excluding diaryl/α,β-unsaturated/α-hetero) is 2. The molecule has 0 amide bonds. The first kappa shape index (κ1) is 26.0. The molecular formula is C25H32N2O6S2. The molecule has 1 aliphatic carbocycles. The van der Waals surface area contributed by atoms with E-state index < -0.39 is 31.4 Å². The van der Waals surface area contributed by atoms with Crippen molar-refractivity contribution < 1.29 is 26.4 Å². The molecule has 2 heterocycles. The Balaban J connectivity index is 1.47. The van der Waals surface area contributed by atoms with Crippen molar-refractivity contribution >= 4 is 31.6 Å². The maximum atomic E-state index is 13.3. The lowest BCUT2D eigenvalue weighted by Crippen LogP contribution is -2.54. The number of piperidine rings is 1. The van der Waals surface area contributed by atoms with E-state index >= 15 is 0 Å². The Morgan fingerprint density at radius 3 is 1.89 bits per heavy atom. The van der Waals surface area contributed by atoms with Crippen molar-refractivity contribution in [3.05, 3.63) is 34.4 Å². The highest BCUT2D eigenvalue weighted by atomic mass is 32.2. The summed E-state index contributed by atoms with van der Waals surface area (Å²) >= 11 is 0. The van der Waals surface area contributed by atoms with Crippen LogP contribution in [0.25, 0.3) is 0 Å². The molecule has 3 fully saturated rings. The minimum Gasteiger partial charge on any atom is -0.299 e. The van der Waals surface area contributed by atoms with Gasteiger partial charge < -0.3 is 0 Å². The number of hydrogen-bond acceptors (Lipinski definition) is 6. The molecule has 0 N–H and O–H groups in total. The van der Waals surface area contributed by atoms with Gasteiger partial charge >= 0.3 is 0 Å². The van der Waals surface area contributed by atoms with Crippen molar-refractivity contribution in [1.82, 2.24) is 8.61 Å². The lowest BCUT2D eigenvalue weighted by atomic mass is 9.63. The number of carbonyl (C=O) groups excluding carboxylic acids is 2. The summed E-state index contributed by atoms with van der Waals surface area (Å²) in [4.78, 5) is 26.7. The van der Waals surface area contributed by atoms with Gasteiger partial charge in [-0.25, -0.2) is 8.42 Å². The fourth-order valence-corrected chi connectivity index (χ4v) is 8.84. The van der Waals surface area contributed by atoms with Crippen LogP contribution < -0.4 is 0 Å². The predicted octanol–water partition coefficient (Wildman–Crippen LogP) is 1.75. The van der Waals surface area contributed by atoms with Crippen LogP contribution in [0.3, 0.4) is 0 Å². The summed E-state index contributed by atoms with van der Waals surface area (Å²) in [6, 6.07) is 3.83. The summed E-state index contributed by atoms with van der Waals surface area (Å²) in [5.41, 5.74) is 2.89. The third kappa shape index (κ3) is 5.10. The fourth-order valence-electron chi connectivity index (χ4n) is 5.79. The van der Waals surface area contributed by atoms with Gasteiger partial charge in [0, 0.05) is 44.6 Å². The standard InChI is InChI=1S/C25H32N2O6S2/c1-4-5-20-14-18(2)23(19(3)15-20)24-21(28)16-25(17-22(24)29)6-8-26(9-7-25)35(32,33)27-10-12-34(30,31)13-11-27/h14-15,24H,6-13,16-17H2,1-3H3. The molecule has 2 saturated heterocycles. The van der Waals surface area contributed by atoms with Gasteiger partial charge in [-0.15, -0.1) is 5.92 Å². The van der Waals surface area contributed by atoms with Crippen LogP contribution in [0.1, 0.15) is 60.8 Å². The van der Waals surface area contributed by atoms with E-state index in [1.165, 1.54) is 8.61 Å². The van der Waals surface area contributed by atoms with E-state index in [-0.39, 0.29) is 62.1 Å². The van der Waals surface area contributed by atoms with Crippen LogP contribution >= 0.6 is 0 Å². The van der Waals surface area contributed by atoms with Crippen molar-refractivity contribution in [3.8, 4) is 11.8 Å². The molecule has 4 rings (SSSR count). The number of sulfone groups is 1. The summed E-state index contributed by atoms with van der Waals surface area (Å²) in [6.07, 6.45) is 1.39. The van der Waals surface area contributed by atoms with Gasteiger partial charge in [0.2, 0.25) is 0 Å². The second kappa shape index (κ2) is 9.43. The quantitative estimate of drug-likeness (QED) is 0.444. The molecule has 35 heavy (non-hydrogen) atoms. The predicted molar refractivity (Wildman–Crippen MR) is 133 cm³/mol. The molecule has 0 bridgehead atoms. The molecule has 1 aromatic carbocycles. The molecule has 8 nitrogen and oxygen atoms in total. The fraction of sp³-hybridized carbons (Fsp3) is 0.600. The van der Waals surface area contributed by atoms with Crippen LogP contribution in [0.2, 0.25) is 0 Å². The molecule has 0 aromatic heterocycles. The van der Waals surface area contributed by atoms with Crippen LogP contribution in [0.4, 0.5) is 0 Å². The minimum absolute atomic E-state index is 0.0354. The van der Waals surface area contributed by atoms with E-state index in [0.29, 0.717) is 12.8 Å². The number of carbonyl (C=O) groups is 2. The van der Waals surface area contributed by atoms with Gasteiger partial charge in [0.05, 0.1) is 11.5 Å². The Hall–Kier alpha value is -2.06. The van der Waals surface area contributed by atoms with Crippen LogP contribution in [0.15, 0.2) is 12.1 Å². The lowest BCUT2D eigenvalue weighted by molar-refractivity contribution is -0.138. The van der Waals surface area contributed by atoms with Gasteiger partial charge in [0.25, 0.3) is 10.2 Å². The lowest BCUT2D eigenvalue weighted by Gasteiger charge is -2.45. The van der Waals surface area contributed by atoms with Gasteiger partial charge in [-0.3, -0.25) is 9.59 Å². The normalized spacial score (nSPS) is 23.7. The molecule has 0 atom stereocenters. The van der Waals surface area contributed by atoms with Crippen LogP contribution in [-0.4, -0.2) is 74.7 Å². The van der Waals surface area contributed by atoms with E-state index in [2.05, 4.69) is 11.8 Å². The second-order valence-electron chi connectivity index (χ2n) is 10.1. The number of hydrogen-bond donors (Lipinski definition) is 0. The van der Waals surface area contributed by atoms with Gasteiger partial charge in [-0.2, -0.15) is 17.0 Å². The maximum absolute atomic E-state index is 13.3. The number of aryl methyl sites for hydroxylation is 2. The zero-order valence-electron chi connectivity index (χ0n) is 20.5. The number of benzene rings is 1. The zero-order chi connectivity index (χ0) is 25.6. The van der Waals surface area contributed by atoms with E-state index in [1.807, 2.05) is 26.0 Å². The van der Waals surface area contributed by atoms with Gasteiger partial charge in [0.1, 0.15) is 17.5 Å². The SMILES string of the molecule is CC#Cc1cc(C)c(C2C(=O)CC3(CCN(S(=O)(=O)N4CCS(=O)(=O)CC4)CC3)CC2=O)c(C)c1. The first-order valence-corrected chi connectivity index (χ1v) is 15.1. The summed E-state index contributed by atoms with van der Waals surface area (Å²) in [5.74, 6) is 4.59. The van der Waals surface area contributed by atoms with Gasteiger partial charge in [0.15, 0.2) is 9.84 Å². The van der Waals surface area contributed by atoms with Gasteiger partial charge in [-0.05, 0) is 67.9 Å². The Kier molecular flexibility index (Phi) is 7.01. The average Bonchev–Trinajstić information content (AvgIpc) is 2.75. The minimum atomic E-state index is -3.77. The first-order chi connectivity index (χ1) is 16.4. The molecule has 3 aliphatic rings. The molecule has 10 heteroatoms. The van der Waals surface area contributed by atoms with Crippen LogP contribution in [0, 0.1) is 31.1 Å². The molecule has 1 aromatic rings. The van der Waals surface area contributed by atoms with Crippen LogP contribution in [0.5, 0.6) is 0 Å². The monoisotopic (exact) mass is 520 g/mol. The van der Waals surface area contributed by atoms with E-state index in [9.17, 15) is 26.4 Å². The molecule has 1 saturated carbocycles. The van der Waals surface area contributed by atoms with E-state index in [1.54, 1.807) is 6.92 Å². The average molecular weight is 521 g/mol. The molecule has 0 unspecified atom stereocenters. The molecule has 1 spiro atoms. The first-order valence-electron chi connectivity index (χ1n) is 11.9. The highest BCUT2D eigenvalue weighted by Gasteiger charge is 2.49. The van der Waals surface area contributed by atoms with Crippen molar-refractivity contribution in [2.45, 2.75) is 52.4 Å². The summed E-state index contributed by atoms with van der Waals surface area (Å²) in [5, 5.41) is 0. The largest absolute Gasteiger partial charge is 0.299 e. The van der Waals surface area contributed by atoms with E-state index in [0.717, 1.165) is 22.3 Å². The Morgan fingerprint density at radius 2 is 1.40 bits per heavy atom. The molecule has 0 radical (unpaired) electrons. The summed E-state index contributed by atoms with van der Waals surface area (Å²) in [6.45, 7) is 5.95. The van der Waals surface area contributed by atoms with Crippen LogP contribution in [-0.2, 0) is 29.6 Å². The Bertz CT molecular complexity index is 1270. The third-order valence-corrected chi connectivity index (χ3v) is 11.3. The van der Waals surface area contributed by atoms with Crippen molar-refractivity contribution in [2.75, 3.05) is 37.7 Å². The van der Waals surface area contributed by atoms with Crippen molar-refractivity contribution in [3.63, 3.8) is 0 Å². The van der Waals surface area contributed by atoms with Crippen molar-refractivity contribution in [1.29, 1.82) is 0 Å². The maximum Gasteiger partial charge on any atom is 0.282 e. The zero-order valence-corrected chi connectivity index (χ0v) is 22.1. The topological polar surface area (TPSA) is 109 Å². The molecular weight excluding hydrogens is 488 g/mol. The highest BCUT2D eigenvalue weighted by Crippen LogP contribution is 2.47.